The number of amides is 1. The highest BCUT2D eigenvalue weighted by molar-refractivity contribution is 7.88. The lowest BCUT2D eigenvalue weighted by Gasteiger charge is -2.12. The van der Waals surface area contributed by atoms with Gasteiger partial charge in [-0.15, -0.1) is 11.3 Å². The van der Waals surface area contributed by atoms with E-state index in [4.69, 9.17) is 0 Å². The molecule has 0 atom stereocenters. The van der Waals surface area contributed by atoms with E-state index in [0.717, 1.165) is 22.3 Å². The minimum absolute atomic E-state index is 0.0738. The fourth-order valence-corrected chi connectivity index (χ4v) is 4.66. The van der Waals surface area contributed by atoms with Crippen molar-refractivity contribution >= 4 is 38.3 Å². The van der Waals surface area contributed by atoms with E-state index in [1.54, 1.807) is 17.6 Å². The average molecular weight is 456 g/mol. The third-order valence-electron chi connectivity index (χ3n) is 4.87. The summed E-state index contributed by atoms with van der Waals surface area (Å²) in [7, 11) is -2.03. The van der Waals surface area contributed by atoms with Crippen LogP contribution >= 0.6 is 11.3 Å². The molecule has 0 spiro atoms. The van der Waals surface area contributed by atoms with Crippen LogP contribution in [-0.4, -0.2) is 35.9 Å². The number of aromatic nitrogens is 3. The molecule has 0 saturated carbocycles. The van der Waals surface area contributed by atoms with Gasteiger partial charge in [-0.2, -0.15) is 0 Å². The van der Waals surface area contributed by atoms with Crippen molar-refractivity contribution in [3.8, 4) is 11.5 Å². The zero-order valence-electron chi connectivity index (χ0n) is 16.8. The first kappa shape index (κ1) is 21.2. The number of imidazole rings is 1. The zero-order valence-corrected chi connectivity index (χ0v) is 18.4. The molecule has 0 saturated heterocycles. The van der Waals surface area contributed by atoms with E-state index in [-0.39, 0.29) is 24.7 Å². The summed E-state index contributed by atoms with van der Waals surface area (Å²) in [6.45, 7) is 0.303. The van der Waals surface area contributed by atoms with Crippen LogP contribution in [0, 0.1) is 0 Å². The summed E-state index contributed by atoms with van der Waals surface area (Å²) in [4.78, 5) is 21.8. The topological polar surface area (TPSA) is 106 Å². The molecular weight excluding hydrogens is 434 g/mol. The number of hydrogen-bond donors (Lipinski definition) is 2. The molecule has 1 amide bonds. The molecule has 8 nitrogen and oxygen atoms in total. The number of sulfonamides is 1. The Labute approximate surface area is 184 Å². The van der Waals surface area contributed by atoms with Gasteiger partial charge in [0.05, 0.1) is 22.3 Å². The van der Waals surface area contributed by atoms with Crippen LogP contribution in [-0.2, 0) is 33.7 Å². The van der Waals surface area contributed by atoms with E-state index < -0.39 is 10.0 Å². The Balaban J connectivity index is 1.54. The van der Waals surface area contributed by atoms with Crippen LogP contribution < -0.4 is 10.0 Å². The highest BCUT2D eigenvalue weighted by Crippen LogP contribution is 2.24. The molecule has 0 aliphatic heterocycles. The molecule has 0 fully saturated rings. The number of carbonyl (C=O) groups is 1. The first-order valence-corrected chi connectivity index (χ1v) is 12.1. The van der Waals surface area contributed by atoms with Crippen molar-refractivity contribution in [3.05, 3.63) is 70.5 Å². The second kappa shape index (κ2) is 8.96. The molecule has 0 unspecified atom stereocenters. The fraction of sp³-hybridized carbons (Fsp3) is 0.190. The lowest BCUT2D eigenvalue weighted by atomic mass is 10.1. The van der Waals surface area contributed by atoms with Gasteiger partial charge in [-0.25, -0.2) is 23.1 Å². The van der Waals surface area contributed by atoms with E-state index in [0.29, 0.717) is 11.4 Å². The maximum absolute atomic E-state index is 12.8. The number of hydrogen-bond acceptors (Lipinski definition) is 6. The lowest BCUT2D eigenvalue weighted by molar-refractivity contribution is -0.121. The largest absolute Gasteiger partial charge is 0.350 e. The van der Waals surface area contributed by atoms with Gasteiger partial charge in [0.25, 0.3) is 0 Å². The molecule has 2 N–H and O–H groups in total. The number of nitrogens with zero attached hydrogens (tertiary/aromatic N) is 3. The number of benzene rings is 2. The van der Waals surface area contributed by atoms with Crippen LogP contribution in [0.2, 0.25) is 0 Å². The van der Waals surface area contributed by atoms with Crippen LogP contribution in [0.15, 0.2) is 59.4 Å². The van der Waals surface area contributed by atoms with Crippen molar-refractivity contribution in [1.82, 2.24) is 24.6 Å². The van der Waals surface area contributed by atoms with E-state index in [2.05, 4.69) is 20.0 Å². The Kier molecular flexibility index (Phi) is 6.12. The van der Waals surface area contributed by atoms with Crippen molar-refractivity contribution in [3.63, 3.8) is 0 Å². The van der Waals surface area contributed by atoms with E-state index in [1.165, 1.54) is 18.4 Å². The van der Waals surface area contributed by atoms with Crippen molar-refractivity contribution in [1.29, 1.82) is 0 Å². The standard InChI is InChI=1S/C21H21N5O3S2/c1-22-31(28,29)13-16-7-3-2-6-15(16)10-23-20(27)11-26-19-9-5-4-8-17(19)25-21(26)18-12-30-14-24-18/h2-9,12,14,22H,10-11,13H2,1H3,(H,23,27). The predicted octanol–water partition coefficient (Wildman–Crippen LogP) is 2.53. The smallest absolute Gasteiger partial charge is 0.240 e. The molecule has 10 heteroatoms. The zero-order chi connectivity index (χ0) is 21.8. The number of fused-ring (bicyclic) bond motifs is 1. The Morgan fingerprint density at radius 1 is 1.10 bits per heavy atom. The number of para-hydroxylation sites is 2. The van der Waals surface area contributed by atoms with Crippen LogP contribution in [0.25, 0.3) is 22.6 Å². The molecule has 31 heavy (non-hydrogen) atoms. The summed E-state index contributed by atoms with van der Waals surface area (Å²) in [6, 6.07) is 14.8. The fourth-order valence-electron chi connectivity index (χ4n) is 3.30. The number of rotatable bonds is 8. The summed E-state index contributed by atoms with van der Waals surface area (Å²) >= 11 is 1.47. The third kappa shape index (κ3) is 4.82. The second-order valence-electron chi connectivity index (χ2n) is 6.89. The molecule has 2 heterocycles. The summed E-state index contributed by atoms with van der Waals surface area (Å²) in [5.41, 5.74) is 5.49. The van der Waals surface area contributed by atoms with Gasteiger partial charge in [0.1, 0.15) is 12.2 Å². The Hall–Kier alpha value is -3.08. The van der Waals surface area contributed by atoms with Crippen molar-refractivity contribution < 1.29 is 13.2 Å². The van der Waals surface area contributed by atoms with Crippen LogP contribution in [0.1, 0.15) is 11.1 Å². The van der Waals surface area contributed by atoms with Gasteiger partial charge in [-0.3, -0.25) is 4.79 Å². The number of nitrogens with one attached hydrogen (secondary N) is 2. The maximum Gasteiger partial charge on any atom is 0.240 e. The highest BCUT2D eigenvalue weighted by Gasteiger charge is 2.17. The molecular formula is C21H21N5O3S2. The van der Waals surface area contributed by atoms with E-state index >= 15 is 0 Å². The monoisotopic (exact) mass is 455 g/mol. The molecule has 2 aromatic carbocycles. The Bertz CT molecular complexity index is 1310. The average Bonchev–Trinajstić information content (AvgIpc) is 3.41. The third-order valence-corrected chi connectivity index (χ3v) is 6.77. The van der Waals surface area contributed by atoms with Crippen LogP contribution in [0.3, 0.4) is 0 Å². The number of thiazole rings is 1. The van der Waals surface area contributed by atoms with Gasteiger partial charge < -0.3 is 9.88 Å². The summed E-state index contributed by atoms with van der Waals surface area (Å²) in [5.74, 6) is 0.291. The minimum atomic E-state index is -3.41. The molecule has 0 aliphatic carbocycles. The molecule has 0 radical (unpaired) electrons. The minimum Gasteiger partial charge on any atom is -0.350 e. The molecule has 0 bridgehead atoms. The second-order valence-corrected chi connectivity index (χ2v) is 9.54. The number of carbonyl (C=O) groups excluding carboxylic acids is 1. The van der Waals surface area contributed by atoms with Crippen molar-refractivity contribution in [2.75, 3.05) is 7.05 Å². The van der Waals surface area contributed by atoms with Crippen LogP contribution in [0.5, 0.6) is 0 Å². The SMILES string of the molecule is CNS(=O)(=O)Cc1ccccc1CNC(=O)Cn1c(-c2cscn2)nc2ccccc21. The van der Waals surface area contributed by atoms with Crippen molar-refractivity contribution in [2.45, 2.75) is 18.8 Å². The molecule has 4 aromatic rings. The quantitative estimate of drug-likeness (QED) is 0.425. The maximum atomic E-state index is 12.8. The van der Waals surface area contributed by atoms with E-state index in [1.807, 2.05) is 46.3 Å². The lowest BCUT2D eigenvalue weighted by Crippen LogP contribution is -2.28. The molecule has 2 aromatic heterocycles. The summed E-state index contributed by atoms with van der Waals surface area (Å²) in [5, 5.41) is 4.79. The van der Waals surface area contributed by atoms with Crippen LogP contribution in [0.4, 0.5) is 0 Å². The normalized spacial score (nSPS) is 11.6. The Morgan fingerprint density at radius 2 is 1.84 bits per heavy atom. The van der Waals surface area contributed by atoms with Gasteiger partial charge in [-0.1, -0.05) is 36.4 Å². The van der Waals surface area contributed by atoms with Gasteiger partial charge in [-0.05, 0) is 30.3 Å². The van der Waals surface area contributed by atoms with E-state index in [9.17, 15) is 13.2 Å². The first-order chi connectivity index (χ1) is 15.0. The molecule has 4 rings (SSSR count). The molecule has 0 aliphatic rings. The van der Waals surface area contributed by atoms with Gasteiger partial charge in [0.15, 0.2) is 5.82 Å². The predicted molar refractivity (Wildman–Crippen MR) is 121 cm³/mol. The molecule has 160 valence electrons. The summed E-state index contributed by atoms with van der Waals surface area (Å²) in [6.07, 6.45) is 0. The van der Waals surface area contributed by atoms with Gasteiger partial charge >= 0.3 is 0 Å². The Morgan fingerprint density at radius 3 is 2.58 bits per heavy atom. The summed E-state index contributed by atoms with van der Waals surface area (Å²) < 4.78 is 28.0. The van der Waals surface area contributed by atoms with Gasteiger partial charge in [0.2, 0.25) is 15.9 Å². The first-order valence-electron chi connectivity index (χ1n) is 9.55. The van der Waals surface area contributed by atoms with Gasteiger partial charge in [0, 0.05) is 11.9 Å². The highest BCUT2D eigenvalue weighted by atomic mass is 32.2. The van der Waals surface area contributed by atoms with Crippen molar-refractivity contribution in [2.24, 2.45) is 0 Å².